The molecule has 0 bridgehead atoms. The molecule has 0 saturated heterocycles. The third-order valence-corrected chi connectivity index (χ3v) is 3.34. The molecule has 0 aromatic heterocycles. The van der Waals surface area contributed by atoms with Crippen LogP contribution in [0.3, 0.4) is 0 Å². The van der Waals surface area contributed by atoms with Crippen LogP contribution in [-0.2, 0) is 0 Å². The number of hydrogen-bond donors (Lipinski definition) is 1. The van der Waals surface area contributed by atoms with Crippen molar-refractivity contribution < 1.29 is 0 Å². The van der Waals surface area contributed by atoms with E-state index in [9.17, 15) is 0 Å². The molecule has 2 unspecified atom stereocenters. The van der Waals surface area contributed by atoms with Crippen molar-refractivity contribution in [2.75, 3.05) is 7.05 Å². The van der Waals surface area contributed by atoms with Crippen LogP contribution in [0.2, 0.25) is 0 Å². The van der Waals surface area contributed by atoms with Crippen molar-refractivity contribution in [3.8, 4) is 0 Å². The molecule has 0 aromatic carbocycles. The highest BCUT2D eigenvalue weighted by Crippen LogP contribution is 2.25. The first-order valence-corrected chi connectivity index (χ1v) is 5.41. The molecule has 0 aromatic rings. The van der Waals surface area contributed by atoms with E-state index in [1.807, 2.05) is 0 Å². The summed E-state index contributed by atoms with van der Waals surface area (Å²) in [5, 5.41) is 0. The molecule has 0 aliphatic heterocycles. The summed E-state index contributed by atoms with van der Waals surface area (Å²) in [6, 6.07) is 0.978. The van der Waals surface area contributed by atoms with Gasteiger partial charge in [0, 0.05) is 17.6 Å². The summed E-state index contributed by atoms with van der Waals surface area (Å²) >= 11 is 0. The van der Waals surface area contributed by atoms with Crippen molar-refractivity contribution in [1.82, 2.24) is 4.90 Å². The van der Waals surface area contributed by atoms with E-state index >= 15 is 0 Å². The molecule has 2 nitrogen and oxygen atoms in total. The third-order valence-electron chi connectivity index (χ3n) is 3.34. The van der Waals surface area contributed by atoms with Crippen LogP contribution in [0.5, 0.6) is 0 Å². The van der Waals surface area contributed by atoms with Crippen LogP contribution >= 0.6 is 0 Å². The van der Waals surface area contributed by atoms with Crippen molar-refractivity contribution in [3.05, 3.63) is 0 Å². The van der Waals surface area contributed by atoms with E-state index in [1.165, 1.54) is 25.7 Å². The maximum absolute atomic E-state index is 6.13. The fraction of sp³-hybridized carbons (Fsp3) is 1.00. The van der Waals surface area contributed by atoms with Gasteiger partial charge in [0.1, 0.15) is 0 Å². The van der Waals surface area contributed by atoms with E-state index in [4.69, 9.17) is 5.73 Å². The van der Waals surface area contributed by atoms with Crippen LogP contribution in [0, 0.1) is 0 Å². The molecule has 2 atom stereocenters. The summed E-state index contributed by atoms with van der Waals surface area (Å²) < 4.78 is 0. The molecule has 1 saturated carbocycles. The Morgan fingerprint density at radius 3 is 2.15 bits per heavy atom. The first kappa shape index (κ1) is 11.0. The van der Waals surface area contributed by atoms with E-state index in [-0.39, 0.29) is 5.54 Å². The normalized spacial score (nSPS) is 30.9. The topological polar surface area (TPSA) is 29.3 Å². The monoisotopic (exact) mass is 184 g/mol. The molecule has 0 amide bonds. The van der Waals surface area contributed by atoms with E-state index in [0.717, 1.165) is 0 Å². The molecule has 1 aliphatic rings. The molecular weight excluding hydrogens is 160 g/mol. The minimum absolute atomic E-state index is 0.250. The molecular formula is C11H24N2. The molecule has 1 aliphatic carbocycles. The van der Waals surface area contributed by atoms with Gasteiger partial charge in [-0.2, -0.15) is 0 Å². The van der Waals surface area contributed by atoms with Gasteiger partial charge in [0.2, 0.25) is 0 Å². The number of rotatable bonds is 1. The Bertz CT molecular complexity index is 160. The zero-order valence-corrected chi connectivity index (χ0v) is 9.51. The lowest BCUT2D eigenvalue weighted by Gasteiger charge is -2.43. The molecule has 0 spiro atoms. The van der Waals surface area contributed by atoms with E-state index in [0.29, 0.717) is 12.1 Å². The van der Waals surface area contributed by atoms with Gasteiger partial charge in [-0.05, 0) is 40.7 Å². The van der Waals surface area contributed by atoms with Crippen LogP contribution in [0.1, 0.15) is 46.5 Å². The summed E-state index contributed by atoms with van der Waals surface area (Å²) in [4.78, 5) is 2.44. The van der Waals surface area contributed by atoms with Crippen molar-refractivity contribution in [3.63, 3.8) is 0 Å². The fourth-order valence-electron chi connectivity index (χ4n) is 2.12. The van der Waals surface area contributed by atoms with Crippen LogP contribution in [-0.4, -0.2) is 29.6 Å². The molecule has 2 heteroatoms. The fourth-order valence-corrected chi connectivity index (χ4v) is 2.12. The van der Waals surface area contributed by atoms with Gasteiger partial charge in [0.05, 0.1) is 0 Å². The highest BCUT2D eigenvalue weighted by atomic mass is 15.2. The van der Waals surface area contributed by atoms with Gasteiger partial charge in [-0.1, -0.05) is 12.8 Å². The van der Waals surface area contributed by atoms with Gasteiger partial charge in [-0.15, -0.1) is 0 Å². The second kappa shape index (κ2) is 3.97. The minimum Gasteiger partial charge on any atom is -0.326 e. The first-order valence-electron chi connectivity index (χ1n) is 5.41. The molecule has 2 N–H and O–H groups in total. The zero-order valence-electron chi connectivity index (χ0n) is 9.51. The Balaban J connectivity index is 2.58. The molecule has 13 heavy (non-hydrogen) atoms. The lowest BCUT2D eigenvalue weighted by Crippen LogP contribution is -2.54. The first-order chi connectivity index (χ1) is 5.93. The van der Waals surface area contributed by atoms with Crippen molar-refractivity contribution in [2.45, 2.75) is 64.1 Å². The highest BCUT2D eigenvalue weighted by molar-refractivity contribution is 4.89. The predicted molar refractivity (Wildman–Crippen MR) is 57.7 cm³/mol. The molecule has 1 fully saturated rings. The highest BCUT2D eigenvalue weighted by Gasteiger charge is 2.30. The summed E-state index contributed by atoms with van der Waals surface area (Å²) in [6.45, 7) is 6.77. The maximum atomic E-state index is 6.13. The van der Waals surface area contributed by atoms with Crippen LogP contribution in [0.4, 0.5) is 0 Å². The van der Waals surface area contributed by atoms with Gasteiger partial charge in [-0.25, -0.2) is 0 Å². The Morgan fingerprint density at radius 2 is 1.69 bits per heavy atom. The van der Waals surface area contributed by atoms with Gasteiger partial charge < -0.3 is 5.73 Å². The third kappa shape index (κ3) is 2.68. The minimum atomic E-state index is 0.250. The smallest absolute Gasteiger partial charge is 0.0249 e. The summed E-state index contributed by atoms with van der Waals surface area (Å²) in [7, 11) is 2.20. The standard InChI is InChI=1S/C11H24N2/c1-11(2,3)13(4)10-8-6-5-7-9(10)12/h9-10H,5-8,12H2,1-4H3. The average molecular weight is 184 g/mol. The van der Waals surface area contributed by atoms with Gasteiger partial charge in [0.15, 0.2) is 0 Å². The Hall–Kier alpha value is -0.0800. The van der Waals surface area contributed by atoms with E-state index in [2.05, 4.69) is 32.7 Å². The number of likely N-dealkylation sites (N-methyl/N-ethyl adjacent to an activating group) is 1. The van der Waals surface area contributed by atoms with Gasteiger partial charge >= 0.3 is 0 Å². The lowest BCUT2D eigenvalue weighted by atomic mass is 9.88. The van der Waals surface area contributed by atoms with Crippen LogP contribution in [0.15, 0.2) is 0 Å². The second-order valence-corrected chi connectivity index (χ2v) is 5.30. The summed E-state index contributed by atoms with van der Waals surface area (Å²) in [5.74, 6) is 0. The number of nitrogens with two attached hydrogens (primary N) is 1. The quantitative estimate of drug-likeness (QED) is 0.675. The Kier molecular flexibility index (Phi) is 3.36. The Morgan fingerprint density at radius 1 is 1.15 bits per heavy atom. The molecule has 78 valence electrons. The summed E-state index contributed by atoms with van der Waals surface area (Å²) in [5.41, 5.74) is 6.38. The molecule has 0 heterocycles. The van der Waals surface area contributed by atoms with E-state index < -0.39 is 0 Å². The van der Waals surface area contributed by atoms with Crippen LogP contribution in [0.25, 0.3) is 0 Å². The average Bonchev–Trinajstić information content (AvgIpc) is 2.02. The maximum Gasteiger partial charge on any atom is 0.0249 e. The van der Waals surface area contributed by atoms with Gasteiger partial charge in [0.25, 0.3) is 0 Å². The molecule has 0 radical (unpaired) electrons. The zero-order chi connectivity index (χ0) is 10.1. The number of hydrogen-bond acceptors (Lipinski definition) is 2. The SMILES string of the molecule is CN(C1CCCCC1N)C(C)(C)C. The van der Waals surface area contributed by atoms with E-state index in [1.54, 1.807) is 0 Å². The number of nitrogens with zero attached hydrogens (tertiary/aromatic N) is 1. The molecule has 1 rings (SSSR count). The summed E-state index contributed by atoms with van der Waals surface area (Å²) in [6.07, 6.45) is 5.13. The Labute approximate surface area is 82.5 Å². The van der Waals surface area contributed by atoms with Gasteiger partial charge in [-0.3, -0.25) is 4.90 Å². The van der Waals surface area contributed by atoms with Crippen molar-refractivity contribution in [1.29, 1.82) is 0 Å². The van der Waals surface area contributed by atoms with Crippen LogP contribution < -0.4 is 5.73 Å². The predicted octanol–water partition coefficient (Wildman–Crippen LogP) is 1.99. The van der Waals surface area contributed by atoms with Crippen molar-refractivity contribution >= 4 is 0 Å². The van der Waals surface area contributed by atoms with Crippen molar-refractivity contribution in [2.24, 2.45) is 5.73 Å². The second-order valence-electron chi connectivity index (χ2n) is 5.30. The lowest BCUT2D eigenvalue weighted by molar-refractivity contribution is 0.0782. The largest absolute Gasteiger partial charge is 0.326 e.